The number of benzene rings is 1. The molecule has 1 saturated carbocycles. The van der Waals surface area contributed by atoms with Gasteiger partial charge in [-0.25, -0.2) is 9.97 Å². The van der Waals surface area contributed by atoms with E-state index >= 15 is 0 Å². The van der Waals surface area contributed by atoms with Gasteiger partial charge in [-0.2, -0.15) is 0 Å². The Labute approximate surface area is 228 Å². The molecule has 38 heavy (non-hydrogen) atoms. The zero-order valence-corrected chi connectivity index (χ0v) is 22.7. The number of fused-ring (bicyclic) bond motifs is 1. The Morgan fingerprint density at radius 2 is 1.29 bits per heavy atom. The summed E-state index contributed by atoms with van der Waals surface area (Å²) in [7, 11) is 0. The van der Waals surface area contributed by atoms with Gasteiger partial charge >= 0.3 is 0 Å². The molecule has 6 nitrogen and oxygen atoms in total. The number of nitrogens with one attached hydrogen (secondary N) is 4. The molecule has 4 aliphatic rings. The van der Waals surface area contributed by atoms with Gasteiger partial charge in [-0.05, 0) is 98.7 Å². The van der Waals surface area contributed by atoms with Gasteiger partial charge in [0, 0.05) is 10.4 Å². The molecule has 2 atom stereocenters. The molecule has 4 aromatic rings. The van der Waals surface area contributed by atoms with Gasteiger partial charge in [-0.1, -0.05) is 25.0 Å². The van der Waals surface area contributed by atoms with Crippen LogP contribution in [0.5, 0.6) is 0 Å². The first-order chi connectivity index (χ1) is 18.7. The maximum absolute atomic E-state index is 4.81. The third kappa shape index (κ3) is 3.90. The fourth-order valence-electron chi connectivity index (χ4n) is 7.62. The van der Waals surface area contributed by atoms with Crippen LogP contribution in [-0.2, 0) is 12.8 Å². The molecule has 3 aromatic heterocycles. The van der Waals surface area contributed by atoms with Crippen LogP contribution in [0.1, 0.15) is 86.2 Å². The lowest BCUT2D eigenvalue weighted by Crippen LogP contribution is -2.15. The molecule has 2 saturated heterocycles. The predicted molar refractivity (Wildman–Crippen MR) is 153 cm³/mol. The fraction of sp³-hybridized carbons (Fsp3) is 0.484. The second-order valence-corrected chi connectivity index (χ2v) is 13.1. The van der Waals surface area contributed by atoms with E-state index in [9.17, 15) is 0 Å². The molecule has 1 aromatic carbocycles. The lowest BCUT2D eigenvalue weighted by Gasteiger charge is -2.21. The molecule has 7 heteroatoms. The van der Waals surface area contributed by atoms with Crippen LogP contribution in [0.4, 0.5) is 0 Å². The monoisotopic (exact) mass is 524 g/mol. The van der Waals surface area contributed by atoms with E-state index in [1.165, 1.54) is 84.4 Å². The summed E-state index contributed by atoms with van der Waals surface area (Å²) in [5.74, 6) is 2.17. The van der Waals surface area contributed by atoms with Crippen LogP contribution in [0.15, 0.2) is 36.7 Å². The number of rotatable bonds is 5. The van der Waals surface area contributed by atoms with Crippen molar-refractivity contribution in [2.45, 2.75) is 76.3 Å². The largest absolute Gasteiger partial charge is 0.341 e. The average Bonchev–Trinajstić information content (AvgIpc) is 3.79. The van der Waals surface area contributed by atoms with Crippen molar-refractivity contribution in [2.24, 2.45) is 5.41 Å². The number of aromatic nitrogens is 4. The van der Waals surface area contributed by atoms with E-state index in [1.54, 1.807) is 11.1 Å². The van der Waals surface area contributed by atoms with E-state index in [0.717, 1.165) is 36.9 Å². The summed E-state index contributed by atoms with van der Waals surface area (Å²) in [6.07, 6.45) is 16.8. The highest BCUT2D eigenvalue weighted by atomic mass is 32.1. The minimum atomic E-state index is 0.369. The third-order valence-corrected chi connectivity index (χ3v) is 10.7. The molecule has 8 rings (SSSR count). The average molecular weight is 525 g/mol. The molecular formula is C31H36N6S. The number of aromatic amines is 2. The van der Waals surface area contributed by atoms with Gasteiger partial charge in [-0.15, -0.1) is 11.3 Å². The van der Waals surface area contributed by atoms with Crippen molar-refractivity contribution in [3.8, 4) is 32.3 Å². The van der Waals surface area contributed by atoms with Crippen LogP contribution in [0.2, 0.25) is 0 Å². The molecule has 2 aliphatic carbocycles. The summed E-state index contributed by atoms with van der Waals surface area (Å²) < 4.78 is 0. The lowest BCUT2D eigenvalue weighted by molar-refractivity contribution is 0.318. The normalized spacial score (nSPS) is 24.1. The topological polar surface area (TPSA) is 81.4 Å². The van der Waals surface area contributed by atoms with Crippen molar-refractivity contribution in [1.29, 1.82) is 0 Å². The summed E-state index contributed by atoms with van der Waals surface area (Å²) in [5.41, 5.74) is 8.70. The lowest BCUT2D eigenvalue weighted by atomic mass is 9.83. The molecule has 5 heterocycles. The smallest absolute Gasteiger partial charge is 0.123 e. The summed E-state index contributed by atoms with van der Waals surface area (Å²) in [5, 5.41) is 7.15. The predicted octanol–water partition coefficient (Wildman–Crippen LogP) is 6.70. The van der Waals surface area contributed by atoms with Gasteiger partial charge in [0.2, 0.25) is 0 Å². The molecule has 2 aliphatic heterocycles. The molecule has 3 fully saturated rings. The molecule has 1 unspecified atom stereocenters. The van der Waals surface area contributed by atoms with Crippen LogP contribution in [0.25, 0.3) is 32.3 Å². The van der Waals surface area contributed by atoms with Gasteiger partial charge in [0.15, 0.2) is 0 Å². The molecular weight excluding hydrogens is 488 g/mol. The summed E-state index contributed by atoms with van der Waals surface area (Å²) >= 11 is 1.89. The van der Waals surface area contributed by atoms with E-state index < -0.39 is 0 Å². The molecule has 0 radical (unpaired) electrons. The summed E-state index contributed by atoms with van der Waals surface area (Å²) in [6, 6.07) is 10.1. The van der Waals surface area contributed by atoms with E-state index in [2.05, 4.69) is 51.1 Å². The molecule has 4 N–H and O–H groups in total. The van der Waals surface area contributed by atoms with Crippen molar-refractivity contribution in [3.05, 3.63) is 59.4 Å². The zero-order valence-electron chi connectivity index (χ0n) is 21.9. The van der Waals surface area contributed by atoms with Crippen molar-refractivity contribution in [2.75, 3.05) is 13.1 Å². The van der Waals surface area contributed by atoms with Crippen molar-refractivity contribution in [1.82, 2.24) is 30.6 Å². The standard InChI is InChI=1S/C31H36N6S/c1-2-12-31(11-1)15-21-19(25-17-34-29(36-25)23-5-3-13-32-23)7-8-20(22(21)16-31)27-9-10-28(38-27)26-18-35-30(37-26)24-6-4-14-33-24/h7-10,17-18,23-24,32-33H,1-6,11-16H2,(H,34,36)(H,35,37)/t23?,24-/m0/s1. The summed E-state index contributed by atoms with van der Waals surface area (Å²) in [4.78, 5) is 19.5. The number of nitrogens with zero attached hydrogens (tertiary/aromatic N) is 2. The van der Waals surface area contributed by atoms with Crippen LogP contribution in [0.3, 0.4) is 0 Å². The maximum Gasteiger partial charge on any atom is 0.123 e. The zero-order chi connectivity index (χ0) is 25.1. The maximum atomic E-state index is 4.81. The number of imidazole rings is 2. The highest BCUT2D eigenvalue weighted by Gasteiger charge is 2.42. The Bertz CT molecular complexity index is 1460. The van der Waals surface area contributed by atoms with E-state index in [-0.39, 0.29) is 0 Å². The van der Waals surface area contributed by atoms with Gasteiger partial charge in [0.1, 0.15) is 11.6 Å². The van der Waals surface area contributed by atoms with E-state index in [4.69, 9.17) is 9.97 Å². The Kier molecular flexibility index (Phi) is 5.60. The Morgan fingerprint density at radius 1 is 0.684 bits per heavy atom. The second kappa shape index (κ2) is 9.18. The minimum absolute atomic E-state index is 0.369. The molecule has 196 valence electrons. The van der Waals surface area contributed by atoms with Gasteiger partial charge in [0.05, 0.1) is 40.7 Å². The Morgan fingerprint density at radius 3 is 1.97 bits per heavy atom. The van der Waals surface area contributed by atoms with Crippen LogP contribution < -0.4 is 10.6 Å². The van der Waals surface area contributed by atoms with Gasteiger partial charge < -0.3 is 20.6 Å². The van der Waals surface area contributed by atoms with E-state index in [0.29, 0.717) is 17.5 Å². The van der Waals surface area contributed by atoms with E-state index in [1.807, 2.05) is 17.5 Å². The SMILES string of the molecule is c1nc([C@@H]2CCCN2)[nH]c1-c1ccc(-c2ccc(-c3cnc(C4CCCN4)[nH]3)c3c2CC2(CCCC2)C3)s1. The van der Waals surface area contributed by atoms with Gasteiger partial charge in [0.25, 0.3) is 0 Å². The summed E-state index contributed by atoms with van der Waals surface area (Å²) in [6.45, 7) is 2.18. The number of hydrogen-bond acceptors (Lipinski definition) is 5. The first-order valence-electron chi connectivity index (χ1n) is 14.6. The Balaban J connectivity index is 1.15. The first-order valence-corrected chi connectivity index (χ1v) is 15.4. The van der Waals surface area contributed by atoms with Crippen LogP contribution >= 0.6 is 11.3 Å². The molecule has 0 bridgehead atoms. The van der Waals surface area contributed by atoms with Gasteiger partial charge in [-0.3, -0.25) is 0 Å². The van der Waals surface area contributed by atoms with Crippen LogP contribution in [0, 0.1) is 5.41 Å². The minimum Gasteiger partial charge on any atom is -0.341 e. The highest BCUT2D eigenvalue weighted by molar-refractivity contribution is 7.18. The highest BCUT2D eigenvalue weighted by Crippen LogP contribution is 2.53. The quantitative estimate of drug-likeness (QED) is 0.234. The molecule has 1 spiro atoms. The van der Waals surface area contributed by atoms with Crippen molar-refractivity contribution < 1.29 is 0 Å². The van der Waals surface area contributed by atoms with Crippen molar-refractivity contribution in [3.63, 3.8) is 0 Å². The molecule has 0 amide bonds. The number of H-pyrrole nitrogens is 2. The second-order valence-electron chi connectivity index (χ2n) is 12.0. The Hall–Kier alpha value is -2.74. The third-order valence-electron chi connectivity index (χ3n) is 9.60. The first kappa shape index (κ1) is 23.2. The van der Waals surface area contributed by atoms with Crippen molar-refractivity contribution >= 4 is 11.3 Å². The number of hydrogen-bond donors (Lipinski definition) is 4. The number of thiophene rings is 1. The fourth-order valence-corrected chi connectivity index (χ4v) is 8.65. The van der Waals surface area contributed by atoms with Crippen LogP contribution in [-0.4, -0.2) is 33.0 Å².